The molecule has 1 saturated heterocycles. The summed E-state index contributed by atoms with van der Waals surface area (Å²) in [4.78, 5) is 1.72. The average molecular weight is 172 g/mol. The third-order valence-corrected chi connectivity index (χ3v) is 2.17. The zero-order valence-electron chi connectivity index (χ0n) is 6.84. The van der Waals surface area contributed by atoms with Crippen LogP contribution in [0.15, 0.2) is 0 Å². The summed E-state index contributed by atoms with van der Waals surface area (Å²) in [5.74, 6) is 0.0823. The summed E-state index contributed by atoms with van der Waals surface area (Å²) in [7, 11) is -2.25. The summed E-state index contributed by atoms with van der Waals surface area (Å²) in [6, 6.07) is 2.16. The molecule has 0 saturated carbocycles. The molecule has 1 aliphatic heterocycles. The van der Waals surface area contributed by atoms with Crippen LogP contribution in [0.5, 0.6) is 0 Å². The van der Waals surface area contributed by atoms with Gasteiger partial charge in [0.05, 0.1) is 6.07 Å². The van der Waals surface area contributed by atoms with Gasteiger partial charge in [-0.1, -0.05) is 0 Å². The molecule has 0 atom stereocenters. The SMILES string of the molecule is N#CC1CCN(CB(F)F)CC1. The van der Waals surface area contributed by atoms with E-state index in [0.717, 1.165) is 12.8 Å². The van der Waals surface area contributed by atoms with Crippen LogP contribution in [0.1, 0.15) is 12.8 Å². The summed E-state index contributed by atoms with van der Waals surface area (Å²) in [6.45, 7) is 1.28. The molecule has 2 nitrogen and oxygen atoms in total. The van der Waals surface area contributed by atoms with Gasteiger partial charge in [0.1, 0.15) is 0 Å². The van der Waals surface area contributed by atoms with Crippen molar-refractivity contribution >= 4 is 7.27 Å². The molecule has 0 amide bonds. The van der Waals surface area contributed by atoms with Crippen LogP contribution in [-0.4, -0.2) is 31.7 Å². The molecule has 66 valence electrons. The standard InChI is InChI=1S/C7H11BF2N2/c9-8(10)6-12-3-1-7(5-11)2-4-12/h7H,1-4,6H2. The van der Waals surface area contributed by atoms with Gasteiger partial charge in [-0.2, -0.15) is 5.26 Å². The van der Waals surface area contributed by atoms with E-state index in [1.165, 1.54) is 0 Å². The predicted molar refractivity (Wildman–Crippen MR) is 42.7 cm³/mol. The molecule has 0 unspecified atom stereocenters. The zero-order chi connectivity index (χ0) is 8.97. The predicted octanol–water partition coefficient (Wildman–Crippen LogP) is 1.19. The maximum Gasteiger partial charge on any atom is 0.551 e. The minimum Gasteiger partial charge on any atom is -0.305 e. The molecule has 1 rings (SSSR count). The number of piperidine rings is 1. The summed E-state index contributed by atoms with van der Waals surface area (Å²) >= 11 is 0. The van der Waals surface area contributed by atoms with Crippen LogP contribution in [0.2, 0.25) is 0 Å². The molecule has 5 heteroatoms. The number of hydrogen-bond donors (Lipinski definition) is 0. The second kappa shape index (κ2) is 4.41. The van der Waals surface area contributed by atoms with Gasteiger partial charge in [-0.25, -0.2) is 0 Å². The van der Waals surface area contributed by atoms with E-state index in [9.17, 15) is 8.63 Å². The van der Waals surface area contributed by atoms with Crippen molar-refractivity contribution in [2.24, 2.45) is 5.92 Å². The fourth-order valence-electron chi connectivity index (χ4n) is 1.44. The van der Waals surface area contributed by atoms with Crippen molar-refractivity contribution in [2.75, 3.05) is 19.5 Å². The molecule has 1 fully saturated rings. The van der Waals surface area contributed by atoms with Crippen LogP contribution in [-0.2, 0) is 0 Å². The van der Waals surface area contributed by atoms with Crippen molar-refractivity contribution in [3.8, 4) is 6.07 Å². The van der Waals surface area contributed by atoms with E-state index in [4.69, 9.17) is 5.26 Å². The second-order valence-electron chi connectivity index (χ2n) is 3.10. The lowest BCUT2D eigenvalue weighted by Gasteiger charge is -2.27. The van der Waals surface area contributed by atoms with E-state index in [-0.39, 0.29) is 12.4 Å². The maximum atomic E-state index is 11.9. The Labute approximate surface area is 71.3 Å². The largest absolute Gasteiger partial charge is 0.551 e. The van der Waals surface area contributed by atoms with Crippen LogP contribution in [0.25, 0.3) is 0 Å². The third kappa shape index (κ3) is 2.78. The van der Waals surface area contributed by atoms with Crippen molar-refractivity contribution in [1.82, 2.24) is 4.90 Å². The van der Waals surface area contributed by atoms with Crippen molar-refractivity contribution < 1.29 is 8.63 Å². The highest BCUT2D eigenvalue weighted by Crippen LogP contribution is 2.15. The Morgan fingerprint density at radius 1 is 1.42 bits per heavy atom. The number of likely N-dealkylation sites (tertiary alicyclic amines) is 1. The summed E-state index contributed by atoms with van der Waals surface area (Å²) in [5, 5.41) is 8.54. The van der Waals surface area contributed by atoms with Gasteiger partial charge in [0.25, 0.3) is 0 Å². The minimum absolute atomic E-state index is 0.0823. The van der Waals surface area contributed by atoms with Crippen LogP contribution < -0.4 is 0 Å². The number of hydrogen-bond acceptors (Lipinski definition) is 2. The molecular formula is C7H11BF2N2. The molecule has 0 aromatic rings. The summed E-state index contributed by atoms with van der Waals surface area (Å²) in [5.41, 5.74) is 0. The molecule has 0 aromatic heterocycles. The smallest absolute Gasteiger partial charge is 0.305 e. The Bertz CT molecular complexity index is 173. The molecule has 0 aromatic carbocycles. The number of nitriles is 1. The van der Waals surface area contributed by atoms with Crippen molar-refractivity contribution in [3.05, 3.63) is 0 Å². The van der Waals surface area contributed by atoms with Crippen LogP contribution in [0, 0.1) is 17.2 Å². The first-order chi connectivity index (χ1) is 5.72. The normalized spacial score (nSPS) is 20.4. The van der Waals surface area contributed by atoms with Crippen molar-refractivity contribution in [3.63, 3.8) is 0 Å². The molecule has 0 radical (unpaired) electrons. The van der Waals surface area contributed by atoms with Gasteiger partial charge in [-0.05, 0) is 25.9 Å². The van der Waals surface area contributed by atoms with Gasteiger partial charge in [0.2, 0.25) is 0 Å². The van der Waals surface area contributed by atoms with Crippen molar-refractivity contribution in [2.45, 2.75) is 12.8 Å². The molecule has 0 aliphatic carbocycles. The first-order valence-corrected chi connectivity index (χ1v) is 4.12. The summed E-state index contributed by atoms with van der Waals surface area (Å²) < 4.78 is 23.8. The quantitative estimate of drug-likeness (QED) is 0.585. The second-order valence-corrected chi connectivity index (χ2v) is 3.10. The number of halogens is 2. The molecular weight excluding hydrogens is 161 g/mol. The average Bonchev–Trinajstić information content (AvgIpc) is 2.05. The first kappa shape index (κ1) is 9.46. The molecule has 0 spiro atoms. The Kier molecular flexibility index (Phi) is 3.48. The lowest BCUT2D eigenvalue weighted by molar-refractivity contribution is 0.226. The number of rotatable bonds is 2. The maximum absolute atomic E-state index is 11.9. The fraction of sp³-hybridized carbons (Fsp3) is 0.857. The monoisotopic (exact) mass is 172 g/mol. The van der Waals surface area contributed by atoms with E-state index in [1.54, 1.807) is 4.90 Å². The highest BCUT2D eigenvalue weighted by atomic mass is 19.2. The lowest BCUT2D eigenvalue weighted by atomic mass is 9.93. The van der Waals surface area contributed by atoms with Crippen LogP contribution in [0.4, 0.5) is 8.63 Å². The molecule has 1 aliphatic rings. The topological polar surface area (TPSA) is 27.0 Å². The zero-order valence-corrected chi connectivity index (χ0v) is 6.84. The van der Waals surface area contributed by atoms with Gasteiger partial charge in [0, 0.05) is 12.4 Å². The first-order valence-electron chi connectivity index (χ1n) is 4.12. The third-order valence-electron chi connectivity index (χ3n) is 2.17. The molecule has 0 N–H and O–H groups in total. The van der Waals surface area contributed by atoms with E-state index in [1.807, 2.05) is 0 Å². The Balaban J connectivity index is 2.23. The van der Waals surface area contributed by atoms with Crippen LogP contribution >= 0.6 is 0 Å². The Hall–Kier alpha value is -0.625. The van der Waals surface area contributed by atoms with Gasteiger partial charge >= 0.3 is 7.27 Å². The highest BCUT2D eigenvalue weighted by Gasteiger charge is 2.23. The van der Waals surface area contributed by atoms with Gasteiger partial charge in [-0.15, -0.1) is 0 Å². The minimum atomic E-state index is -2.25. The molecule has 1 heterocycles. The lowest BCUT2D eigenvalue weighted by Crippen LogP contribution is -2.37. The van der Waals surface area contributed by atoms with Gasteiger partial charge in [0.15, 0.2) is 0 Å². The fourth-order valence-corrected chi connectivity index (χ4v) is 1.44. The highest BCUT2D eigenvalue weighted by molar-refractivity contribution is 6.42. The summed E-state index contributed by atoms with van der Waals surface area (Å²) in [6.07, 6.45) is 1.34. The Morgan fingerprint density at radius 2 is 2.00 bits per heavy atom. The Morgan fingerprint density at radius 3 is 2.42 bits per heavy atom. The molecule has 12 heavy (non-hydrogen) atoms. The number of nitrogens with zero attached hydrogens (tertiary/aromatic N) is 2. The van der Waals surface area contributed by atoms with Gasteiger partial charge < -0.3 is 4.90 Å². The van der Waals surface area contributed by atoms with E-state index in [2.05, 4.69) is 6.07 Å². The van der Waals surface area contributed by atoms with Crippen molar-refractivity contribution in [1.29, 1.82) is 5.26 Å². The van der Waals surface area contributed by atoms with Gasteiger partial charge in [-0.3, -0.25) is 8.63 Å². The van der Waals surface area contributed by atoms with E-state index >= 15 is 0 Å². The van der Waals surface area contributed by atoms with E-state index in [0.29, 0.717) is 13.1 Å². The van der Waals surface area contributed by atoms with E-state index < -0.39 is 7.27 Å². The van der Waals surface area contributed by atoms with Crippen LogP contribution in [0.3, 0.4) is 0 Å². The molecule has 0 bridgehead atoms.